The van der Waals surface area contributed by atoms with Crippen LogP contribution in [0.25, 0.3) is 0 Å². The van der Waals surface area contributed by atoms with Gasteiger partial charge in [0, 0.05) is 12.2 Å². The van der Waals surface area contributed by atoms with Crippen LogP contribution in [0.3, 0.4) is 0 Å². The standard InChI is InChI=1S/C8H8O5/c1-2-3-7(11)13-8(12)5-4-6(9)10/h2,4-5H,1,3H2,(H,9,10)/b5-4+. The van der Waals surface area contributed by atoms with E-state index in [-0.39, 0.29) is 6.42 Å². The normalized spacial score (nSPS) is 9.54. The molecule has 0 aromatic carbocycles. The van der Waals surface area contributed by atoms with Crippen LogP contribution >= 0.6 is 0 Å². The number of hydrogen-bond donors (Lipinski definition) is 1. The largest absolute Gasteiger partial charge is 0.478 e. The topological polar surface area (TPSA) is 80.7 Å². The van der Waals surface area contributed by atoms with Crippen molar-refractivity contribution in [3.63, 3.8) is 0 Å². The summed E-state index contributed by atoms with van der Waals surface area (Å²) < 4.78 is 4.14. The van der Waals surface area contributed by atoms with Crippen molar-refractivity contribution in [1.29, 1.82) is 0 Å². The fourth-order valence-corrected chi connectivity index (χ4v) is 0.445. The molecule has 70 valence electrons. The maximum Gasteiger partial charge on any atom is 0.338 e. The molecule has 0 saturated heterocycles. The Labute approximate surface area is 74.3 Å². The Morgan fingerprint density at radius 3 is 2.38 bits per heavy atom. The molecule has 0 heterocycles. The van der Waals surface area contributed by atoms with Crippen molar-refractivity contribution in [3.05, 3.63) is 24.8 Å². The van der Waals surface area contributed by atoms with Gasteiger partial charge in [0.1, 0.15) is 0 Å². The second-order valence-corrected chi connectivity index (χ2v) is 1.96. The van der Waals surface area contributed by atoms with Gasteiger partial charge in [-0.1, -0.05) is 6.08 Å². The molecule has 0 radical (unpaired) electrons. The van der Waals surface area contributed by atoms with Crippen LogP contribution in [0.2, 0.25) is 0 Å². The van der Waals surface area contributed by atoms with Gasteiger partial charge in [0.25, 0.3) is 0 Å². The Kier molecular flexibility index (Phi) is 4.87. The predicted octanol–water partition coefficient (Wildman–Crippen LogP) is 0.273. The molecule has 0 fully saturated rings. The van der Waals surface area contributed by atoms with Crippen molar-refractivity contribution in [3.8, 4) is 0 Å². The minimum atomic E-state index is -1.28. The van der Waals surface area contributed by atoms with E-state index < -0.39 is 17.9 Å². The molecule has 13 heavy (non-hydrogen) atoms. The minimum absolute atomic E-state index is 0.0906. The van der Waals surface area contributed by atoms with Crippen LogP contribution in [0.5, 0.6) is 0 Å². The molecule has 0 amide bonds. The first-order valence-corrected chi connectivity index (χ1v) is 3.32. The van der Waals surface area contributed by atoms with Crippen LogP contribution in [-0.2, 0) is 19.1 Å². The molecule has 0 atom stereocenters. The van der Waals surface area contributed by atoms with Crippen LogP contribution < -0.4 is 0 Å². The van der Waals surface area contributed by atoms with E-state index >= 15 is 0 Å². The highest BCUT2D eigenvalue weighted by molar-refractivity contribution is 5.96. The number of aliphatic carboxylic acids is 1. The molecule has 0 aliphatic carbocycles. The second-order valence-electron chi connectivity index (χ2n) is 1.96. The summed E-state index contributed by atoms with van der Waals surface area (Å²) in [7, 11) is 0. The highest BCUT2D eigenvalue weighted by atomic mass is 16.6. The van der Waals surface area contributed by atoms with Crippen molar-refractivity contribution in [2.45, 2.75) is 6.42 Å². The van der Waals surface area contributed by atoms with Crippen molar-refractivity contribution in [2.75, 3.05) is 0 Å². The van der Waals surface area contributed by atoms with Crippen molar-refractivity contribution < 1.29 is 24.2 Å². The maximum atomic E-state index is 10.6. The van der Waals surface area contributed by atoms with Crippen LogP contribution in [0.4, 0.5) is 0 Å². The van der Waals surface area contributed by atoms with E-state index in [1.54, 1.807) is 0 Å². The summed E-state index contributed by atoms with van der Waals surface area (Å²) in [5, 5.41) is 8.10. The third-order valence-electron chi connectivity index (χ3n) is 0.887. The van der Waals surface area contributed by atoms with Gasteiger partial charge in [-0.25, -0.2) is 9.59 Å². The zero-order valence-electron chi connectivity index (χ0n) is 6.73. The number of esters is 2. The van der Waals surface area contributed by atoms with E-state index in [9.17, 15) is 14.4 Å². The summed E-state index contributed by atoms with van der Waals surface area (Å²) in [4.78, 5) is 31.1. The fraction of sp³-hybridized carbons (Fsp3) is 0.125. The molecule has 0 unspecified atom stereocenters. The lowest BCUT2D eigenvalue weighted by Crippen LogP contribution is -2.09. The number of carbonyl (C=O) groups excluding carboxylic acids is 2. The Hall–Kier alpha value is -1.91. The van der Waals surface area contributed by atoms with Gasteiger partial charge in [-0.05, 0) is 0 Å². The first-order valence-electron chi connectivity index (χ1n) is 3.32. The third kappa shape index (κ3) is 6.49. The van der Waals surface area contributed by atoms with Crippen molar-refractivity contribution >= 4 is 17.9 Å². The molecule has 0 spiro atoms. The summed E-state index contributed by atoms with van der Waals surface area (Å²) >= 11 is 0. The maximum absolute atomic E-state index is 10.6. The summed E-state index contributed by atoms with van der Waals surface area (Å²) in [5.74, 6) is -3.06. The number of ether oxygens (including phenoxy) is 1. The summed E-state index contributed by atoms with van der Waals surface area (Å²) in [6, 6.07) is 0. The molecule has 5 nitrogen and oxygen atoms in total. The summed E-state index contributed by atoms with van der Waals surface area (Å²) in [6.45, 7) is 3.26. The van der Waals surface area contributed by atoms with E-state index in [0.29, 0.717) is 12.2 Å². The average molecular weight is 184 g/mol. The molecule has 1 N–H and O–H groups in total. The van der Waals surface area contributed by atoms with Crippen LogP contribution in [0, 0.1) is 0 Å². The second kappa shape index (κ2) is 5.70. The highest BCUT2D eigenvalue weighted by Gasteiger charge is 2.04. The third-order valence-corrected chi connectivity index (χ3v) is 0.887. The SMILES string of the molecule is C=CCC(=O)OC(=O)/C=C/C(=O)O. The van der Waals surface area contributed by atoms with E-state index in [2.05, 4.69) is 11.3 Å². The molecule has 0 bridgehead atoms. The monoisotopic (exact) mass is 184 g/mol. The minimum Gasteiger partial charge on any atom is -0.478 e. The molecule has 0 aromatic rings. The molecule has 0 aromatic heterocycles. The zero-order valence-corrected chi connectivity index (χ0v) is 6.73. The van der Waals surface area contributed by atoms with Crippen molar-refractivity contribution in [1.82, 2.24) is 0 Å². The molecule has 5 heteroatoms. The molecule has 0 aliphatic rings. The van der Waals surface area contributed by atoms with Gasteiger partial charge >= 0.3 is 17.9 Å². The molecule has 0 aliphatic heterocycles. The molecular weight excluding hydrogens is 176 g/mol. The lowest BCUT2D eigenvalue weighted by molar-refractivity contribution is -0.155. The number of carbonyl (C=O) groups is 3. The average Bonchev–Trinajstić information content (AvgIpc) is 2.01. The highest BCUT2D eigenvalue weighted by Crippen LogP contribution is 1.89. The van der Waals surface area contributed by atoms with Gasteiger partial charge in [0.05, 0.1) is 6.42 Å². The first kappa shape index (κ1) is 11.1. The van der Waals surface area contributed by atoms with Crippen molar-refractivity contribution in [2.24, 2.45) is 0 Å². The predicted molar refractivity (Wildman–Crippen MR) is 42.7 cm³/mol. The van der Waals surface area contributed by atoms with E-state index in [1.807, 2.05) is 0 Å². The first-order chi connectivity index (χ1) is 6.06. The van der Waals surface area contributed by atoms with Gasteiger partial charge in [0.15, 0.2) is 0 Å². The van der Waals surface area contributed by atoms with Crippen LogP contribution in [0.15, 0.2) is 24.8 Å². The zero-order chi connectivity index (χ0) is 10.3. The number of hydrogen-bond acceptors (Lipinski definition) is 4. The Bertz CT molecular complexity index is 264. The smallest absolute Gasteiger partial charge is 0.338 e. The van der Waals surface area contributed by atoms with Gasteiger partial charge in [0.2, 0.25) is 0 Å². The number of carboxylic acids is 1. The van der Waals surface area contributed by atoms with Gasteiger partial charge in [-0.2, -0.15) is 0 Å². The van der Waals surface area contributed by atoms with E-state index in [0.717, 1.165) is 0 Å². The Morgan fingerprint density at radius 2 is 1.92 bits per heavy atom. The lowest BCUT2D eigenvalue weighted by atomic mass is 10.4. The fourth-order valence-electron chi connectivity index (χ4n) is 0.445. The van der Waals surface area contributed by atoms with Crippen LogP contribution in [0.1, 0.15) is 6.42 Å². The molecule has 0 saturated carbocycles. The Morgan fingerprint density at radius 1 is 1.31 bits per heavy atom. The number of rotatable bonds is 4. The van der Waals surface area contributed by atoms with E-state index in [1.165, 1.54) is 6.08 Å². The van der Waals surface area contributed by atoms with Gasteiger partial charge in [-0.15, -0.1) is 6.58 Å². The summed E-state index contributed by atoms with van der Waals surface area (Å²) in [6.07, 6.45) is 2.43. The molecule has 0 rings (SSSR count). The quantitative estimate of drug-likeness (QED) is 0.293. The van der Waals surface area contributed by atoms with Crippen LogP contribution in [-0.4, -0.2) is 23.0 Å². The molecular formula is C8H8O5. The van der Waals surface area contributed by atoms with E-state index in [4.69, 9.17) is 5.11 Å². The lowest BCUT2D eigenvalue weighted by Gasteiger charge is -1.94. The van der Waals surface area contributed by atoms with Gasteiger partial charge in [-0.3, -0.25) is 4.79 Å². The van der Waals surface area contributed by atoms with Gasteiger partial charge < -0.3 is 9.84 Å². The number of carboxylic acid groups (broad SMARTS) is 1. The summed E-state index contributed by atoms with van der Waals surface area (Å²) in [5.41, 5.74) is 0. The Balaban J connectivity index is 3.94.